The van der Waals surface area contributed by atoms with E-state index < -0.39 is 0 Å². The van der Waals surface area contributed by atoms with Crippen LogP contribution in [0.25, 0.3) is 11.3 Å². The number of ether oxygens (including phenoxy) is 1. The summed E-state index contributed by atoms with van der Waals surface area (Å²) in [4.78, 5) is 4.56. The fraction of sp³-hybridized carbons (Fsp3) is 0.200. The Morgan fingerprint density at radius 3 is 2.80 bits per heavy atom. The quantitative estimate of drug-likeness (QED) is 0.461. The predicted octanol–water partition coefficient (Wildman–Crippen LogP) is 5.35. The van der Waals surface area contributed by atoms with Crippen LogP contribution in [-0.4, -0.2) is 17.8 Å². The monoisotopic (exact) mass is 351 g/mol. The number of anilines is 1. The Morgan fingerprint density at radius 1 is 1.20 bits per heavy atom. The molecule has 0 amide bonds. The molecule has 0 bridgehead atoms. The van der Waals surface area contributed by atoms with Crippen LogP contribution in [0.5, 0.6) is 5.75 Å². The van der Waals surface area contributed by atoms with Gasteiger partial charge in [0.2, 0.25) is 5.13 Å². The highest BCUT2D eigenvalue weighted by Gasteiger charge is 2.03. The highest BCUT2D eigenvalue weighted by atomic mass is 32.1. The average molecular weight is 351 g/mol. The summed E-state index contributed by atoms with van der Waals surface area (Å²) in [6, 6.07) is 16.1. The van der Waals surface area contributed by atoms with Gasteiger partial charge < -0.3 is 4.74 Å². The Bertz CT molecular complexity index is 843. The fourth-order valence-corrected chi connectivity index (χ4v) is 2.99. The molecule has 2 aromatic carbocycles. The van der Waals surface area contributed by atoms with Crippen LogP contribution in [0.2, 0.25) is 0 Å². The third kappa shape index (κ3) is 4.67. The Balaban J connectivity index is 1.63. The van der Waals surface area contributed by atoms with Crippen molar-refractivity contribution in [3.63, 3.8) is 0 Å². The number of aryl methyl sites for hydroxylation is 1. The van der Waals surface area contributed by atoms with Gasteiger partial charge in [-0.25, -0.2) is 4.98 Å². The molecule has 0 radical (unpaired) electrons. The number of benzene rings is 2. The van der Waals surface area contributed by atoms with Crippen molar-refractivity contribution >= 4 is 22.7 Å². The van der Waals surface area contributed by atoms with Gasteiger partial charge in [0, 0.05) is 10.9 Å². The molecule has 4 nitrogen and oxygen atoms in total. The molecule has 0 aliphatic rings. The summed E-state index contributed by atoms with van der Waals surface area (Å²) in [5.41, 5.74) is 7.25. The maximum absolute atomic E-state index is 5.64. The van der Waals surface area contributed by atoms with E-state index >= 15 is 0 Å². The van der Waals surface area contributed by atoms with Crippen molar-refractivity contribution in [2.45, 2.75) is 20.3 Å². The number of hydrogen-bond acceptors (Lipinski definition) is 5. The molecular weight excluding hydrogens is 330 g/mol. The number of aromatic nitrogens is 1. The number of thiazole rings is 1. The number of nitrogens with one attached hydrogen (secondary N) is 1. The molecule has 25 heavy (non-hydrogen) atoms. The van der Waals surface area contributed by atoms with E-state index in [2.05, 4.69) is 29.4 Å². The van der Waals surface area contributed by atoms with Gasteiger partial charge in [0.1, 0.15) is 5.75 Å². The lowest BCUT2D eigenvalue weighted by Crippen LogP contribution is -1.97. The molecule has 0 saturated carbocycles. The van der Waals surface area contributed by atoms with Gasteiger partial charge in [-0.15, -0.1) is 11.3 Å². The first kappa shape index (κ1) is 17.2. The molecule has 5 heteroatoms. The van der Waals surface area contributed by atoms with Gasteiger partial charge in [-0.3, -0.25) is 5.43 Å². The third-order valence-electron chi connectivity index (χ3n) is 3.65. The summed E-state index contributed by atoms with van der Waals surface area (Å²) in [5.74, 6) is 0.900. The summed E-state index contributed by atoms with van der Waals surface area (Å²) < 4.78 is 5.64. The molecule has 1 N–H and O–H groups in total. The van der Waals surface area contributed by atoms with Crippen LogP contribution in [-0.2, 0) is 0 Å². The van der Waals surface area contributed by atoms with Gasteiger partial charge in [0.05, 0.1) is 18.5 Å². The minimum atomic E-state index is 0.738. The summed E-state index contributed by atoms with van der Waals surface area (Å²) in [6.07, 6.45) is 2.81. The minimum Gasteiger partial charge on any atom is -0.494 e. The van der Waals surface area contributed by atoms with E-state index in [1.807, 2.05) is 60.1 Å². The molecule has 1 heterocycles. The van der Waals surface area contributed by atoms with Gasteiger partial charge in [-0.2, -0.15) is 5.10 Å². The minimum absolute atomic E-state index is 0.738. The Kier molecular flexibility index (Phi) is 5.80. The van der Waals surface area contributed by atoms with E-state index in [-0.39, 0.29) is 0 Å². The zero-order valence-electron chi connectivity index (χ0n) is 14.4. The molecule has 0 saturated heterocycles. The van der Waals surface area contributed by atoms with Gasteiger partial charge >= 0.3 is 0 Å². The number of nitrogens with zero attached hydrogens (tertiary/aromatic N) is 2. The number of hydrogen-bond donors (Lipinski definition) is 1. The van der Waals surface area contributed by atoms with Crippen molar-refractivity contribution in [3.8, 4) is 17.0 Å². The van der Waals surface area contributed by atoms with Crippen LogP contribution in [0.15, 0.2) is 59.0 Å². The second-order valence-electron chi connectivity index (χ2n) is 5.64. The predicted molar refractivity (Wildman–Crippen MR) is 106 cm³/mol. The van der Waals surface area contributed by atoms with Crippen LogP contribution >= 0.6 is 11.3 Å². The average Bonchev–Trinajstić information content (AvgIpc) is 3.11. The van der Waals surface area contributed by atoms with Gasteiger partial charge in [0.15, 0.2) is 0 Å². The first-order chi connectivity index (χ1) is 12.3. The normalized spacial score (nSPS) is 11.0. The maximum atomic E-state index is 5.64. The van der Waals surface area contributed by atoms with Crippen LogP contribution in [0.3, 0.4) is 0 Å². The largest absolute Gasteiger partial charge is 0.494 e. The second kappa shape index (κ2) is 8.44. The van der Waals surface area contributed by atoms with Crippen LogP contribution in [0.1, 0.15) is 24.5 Å². The van der Waals surface area contributed by atoms with E-state index in [4.69, 9.17) is 4.74 Å². The molecule has 0 aliphatic carbocycles. The first-order valence-corrected chi connectivity index (χ1v) is 9.17. The summed E-state index contributed by atoms with van der Waals surface area (Å²) in [7, 11) is 0. The van der Waals surface area contributed by atoms with Gasteiger partial charge in [-0.05, 0) is 42.7 Å². The number of rotatable bonds is 7. The number of hydrazone groups is 1. The van der Waals surface area contributed by atoms with E-state index in [1.54, 1.807) is 0 Å². The summed E-state index contributed by atoms with van der Waals surface area (Å²) >= 11 is 1.54. The Hall–Kier alpha value is -2.66. The molecule has 3 rings (SSSR count). The lowest BCUT2D eigenvalue weighted by Gasteiger charge is -2.07. The van der Waals surface area contributed by atoms with Crippen molar-refractivity contribution in [1.82, 2.24) is 4.98 Å². The zero-order valence-corrected chi connectivity index (χ0v) is 15.2. The van der Waals surface area contributed by atoms with E-state index in [9.17, 15) is 0 Å². The molecule has 0 spiro atoms. The molecule has 128 valence electrons. The highest BCUT2D eigenvalue weighted by molar-refractivity contribution is 7.14. The van der Waals surface area contributed by atoms with Crippen LogP contribution < -0.4 is 10.2 Å². The molecule has 3 aromatic rings. The van der Waals surface area contributed by atoms with E-state index in [0.717, 1.165) is 46.3 Å². The summed E-state index contributed by atoms with van der Waals surface area (Å²) in [5, 5.41) is 7.10. The highest BCUT2D eigenvalue weighted by Crippen LogP contribution is 2.24. The molecular formula is C20H21N3OS. The summed E-state index contributed by atoms with van der Waals surface area (Å²) in [6.45, 7) is 4.89. The SMILES string of the molecule is CCCOc1ccc(C=NNc2nc(-c3ccccc3)cs2)c(C)c1. The zero-order chi connectivity index (χ0) is 17.5. The topological polar surface area (TPSA) is 46.5 Å². The first-order valence-electron chi connectivity index (χ1n) is 8.29. The maximum Gasteiger partial charge on any atom is 0.203 e. The molecule has 1 aromatic heterocycles. The van der Waals surface area contributed by atoms with Crippen molar-refractivity contribution in [3.05, 3.63) is 65.0 Å². The Labute approximate surface area is 152 Å². The molecule has 0 unspecified atom stereocenters. The van der Waals surface area contributed by atoms with E-state index in [1.165, 1.54) is 11.3 Å². The van der Waals surface area contributed by atoms with Crippen LogP contribution in [0.4, 0.5) is 5.13 Å². The molecule has 0 fully saturated rings. The van der Waals surface area contributed by atoms with Crippen molar-refractivity contribution < 1.29 is 4.74 Å². The van der Waals surface area contributed by atoms with Crippen molar-refractivity contribution in [1.29, 1.82) is 0 Å². The van der Waals surface area contributed by atoms with E-state index in [0.29, 0.717) is 0 Å². The van der Waals surface area contributed by atoms with Gasteiger partial charge in [-0.1, -0.05) is 37.3 Å². The van der Waals surface area contributed by atoms with Crippen molar-refractivity contribution in [2.75, 3.05) is 12.0 Å². The molecule has 0 atom stereocenters. The molecule has 0 aliphatic heterocycles. The van der Waals surface area contributed by atoms with Gasteiger partial charge in [0.25, 0.3) is 0 Å². The lowest BCUT2D eigenvalue weighted by atomic mass is 10.1. The lowest BCUT2D eigenvalue weighted by molar-refractivity contribution is 0.317. The second-order valence-corrected chi connectivity index (χ2v) is 6.50. The fourth-order valence-electron chi connectivity index (χ4n) is 2.33. The smallest absolute Gasteiger partial charge is 0.203 e. The van der Waals surface area contributed by atoms with Crippen molar-refractivity contribution in [2.24, 2.45) is 5.10 Å². The standard InChI is InChI=1S/C20H21N3OS/c1-3-11-24-18-10-9-17(15(2)12-18)13-21-23-20-22-19(14-25-20)16-7-5-4-6-8-16/h4-10,12-14H,3,11H2,1-2H3,(H,22,23). The third-order valence-corrected chi connectivity index (χ3v) is 4.40. The van der Waals surface area contributed by atoms with Crippen LogP contribution in [0, 0.1) is 6.92 Å². The Morgan fingerprint density at radius 2 is 2.04 bits per heavy atom.